The Kier molecular flexibility index (Phi) is 6.70. The molecular formula is C7H11NO9. The van der Waals surface area contributed by atoms with E-state index in [4.69, 9.17) is 10.2 Å². The molecule has 0 aromatic rings. The van der Waals surface area contributed by atoms with Crippen molar-refractivity contribution in [2.45, 2.75) is 24.4 Å². The Bertz CT molecular complexity index is 270. The summed E-state index contributed by atoms with van der Waals surface area (Å²) < 4.78 is 4.14. The summed E-state index contributed by atoms with van der Waals surface area (Å²) in [7, 11) is 0. The highest BCUT2D eigenvalue weighted by Gasteiger charge is 2.37. The van der Waals surface area contributed by atoms with Crippen LogP contribution in [0.3, 0.4) is 0 Å². The number of aliphatic hydroxyl groups excluding tert-OH is 3. The molecule has 3 N–H and O–H groups in total. The van der Waals surface area contributed by atoms with E-state index < -0.39 is 36.1 Å². The third-order valence-corrected chi connectivity index (χ3v) is 1.80. The van der Waals surface area contributed by atoms with E-state index in [1.54, 1.807) is 0 Å². The highest BCUT2D eigenvalue weighted by atomic mass is 17.0. The number of hydrogen-bond acceptors (Lipinski definition) is 9. The predicted molar refractivity (Wildman–Crippen MR) is 48.0 cm³/mol. The second kappa shape index (κ2) is 7.49. The van der Waals surface area contributed by atoms with Gasteiger partial charge in [-0.1, -0.05) is 0 Å². The van der Waals surface area contributed by atoms with Crippen LogP contribution in [-0.4, -0.2) is 64.2 Å². The lowest BCUT2D eigenvalue weighted by atomic mass is 10.0. The van der Waals surface area contributed by atoms with Crippen LogP contribution in [0.15, 0.2) is 0 Å². The van der Waals surface area contributed by atoms with Crippen molar-refractivity contribution in [2.75, 3.05) is 6.61 Å². The molecule has 0 bridgehead atoms. The van der Waals surface area contributed by atoms with Crippen molar-refractivity contribution in [1.29, 1.82) is 0 Å². The lowest BCUT2D eigenvalue weighted by molar-refractivity contribution is -0.772. The fraction of sp³-hybridized carbons (Fsp3) is 0.714. The molecule has 4 atom stereocenters. The average Bonchev–Trinajstić information content (AvgIpc) is 2.31. The Morgan fingerprint density at radius 2 is 1.94 bits per heavy atom. The van der Waals surface area contributed by atoms with Gasteiger partial charge in [0.05, 0.1) is 6.61 Å². The number of aldehydes is 1. The molecule has 0 amide bonds. The molecule has 0 rings (SSSR count). The molecule has 0 fully saturated rings. The predicted octanol–water partition coefficient (Wildman–Crippen LogP) is -2.98. The maximum absolute atomic E-state index is 10.5. The van der Waals surface area contributed by atoms with Crippen LogP contribution in [0.5, 0.6) is 0 Å². The number of carbonyl (C=O) groups is 2. The molecule has 0 aliphatic rings. The van der Waals surface area contributed by atoms with E-state index in [9.17, 15) is 24.8 Å². The van der Waals surface area contributed by atoms with Gasteiger partial charge in [-0.15, -0.1) is 10.1 Å². The monoisotopic (exact) mass is 253 g/mol. The van der Waals surface area contributed by atoms with Gasteiger partial charge in [-0.3, -0.25) is 9.59 Å². The van der Waals surface area contributed by atoms with E-state index in [2.05, 4.69) is 9.57 Å². The Morgan fingerprint density at radius 1 is 1.35 bits per heavy atom. The van der Waals surface area contributed by atoms with E-state index in [0.717, 1.165) is 0 Å². The van der Waals surface area contributed by atoms with Crippen LogP contribution < -0.4 is 0 Å². The van der Waals surface area contributed by atoms with Gasteiger partial charge in [0.15, 0.2) is 18.5 Å². The van der Waals surface area contributed by atoms with Gasteiger partial charge in [0.2, 0.25) is 0 Å². The molecule has 10 heteroatoms. The SMILES string of the molecule is O=CO[C@@H](C=O)[C@@H](O[N+](=O)[O-])[C@H](O)[C@H](O)CO. The first kappa shape index (κ1) is 15.2. The maximum Gasteiger partial charge on any atom is 0.295 e. The first-order chi connectivity index (χ1) is 7.97. The van der Waals surface area contributed by atoms with Gasteiger partial charge < -0.3 is 24.9 Å². The van der Waals surface area contributed by atoms with Crippen molar-refractivity contribution in [3.05, 3.63) is 10.1 Å². The summed E-state index contributed by atoms with van der Waals surface area (Å²) in [6, 6.07) is 0. The second-order valence-electron chi connectivity index (χ2n) is 2.87. The van der Waals surface area contributed by atoms with Gasteiger partial charge >= 0.3 is 0 Å². The topological polar surface area (TPSA) is 156 Å². The summed E-state index contributed by atoms with van der Waals surface area (Å²) in [6.07, 6.45) is -7.52. The Morgan fingerprint density at radius 3 is 2.29 bits per heavy atom. The van der Waals surface area contributed by atoms with Crippen LogP contribution in [0.1, 0.15) is 0 Å². The molecule has 0 unspecified atom stereocenters. The molecule has 0 saturated heterocycles. The number of ether oxygens (including phenoxy) is 1. The summed E-state index contributed by atoms with van der Waals surface area (Å²) >= 11 is 0. The van der Waals surface area contributed by atoms with Gasteiger partial charge in [0, 0.05) is 0 Å². The zero-order chi connectivity index (χ0) is 13.4. The molecule has 10 nitrogen and oxygen atoms in total. The zero-order valence-electron chi connectivity index (χ0n) is 8.41. The van der Waals surface area contributed by atoms with E-state index >= 15 is 0 Å². The van der Waals surface area contributed by atoms with E-state index in [1.165, 1.54) is 0 Å². The Hall–Kier alpha value is -1.78. The molecule has 0 aromatic carbocycles. The van der Waals surface area contributed by atoms with Crippen molar-refractivity contribution in [3.63, 3.8) is 0 Å². The minimum absolute atomic E-state index is 0.0180. The van der Waals surface area contributed by atoms with E-state index in [1.807, 2.05) is 0 Å². The van der Waals surface area contributed by atoms with Crippen LogP contribution in [0.4, 0.5) is 0 Å². The molecule has 0 aromatic heterocycles. The number of aliphatic hydroxyl groups is 3. The lowest BCUT2D eigenvalue weighted by Crippen LogP contribution is -2.49. The summed E-state index contributed by atoms with van der Waals surface area (Å²) in [5, 5.41) is 35.7. The molecule has 0 aliphatic heterocycles. The number of nitrogens with zero attached hydrogens (tertiary/aromatic N) is 1. The van der Waals surface area contributed by atoms with Crippen LogP contribution in [0, 0.1) is 10.1 Å². The number of hydrogen-bond donors (Lipinski definition) is 3. The second-order valence-corrected chi connectivity index (χ2v) is 2.87. The molecule has 98 valence electrons. The van der Waals surface area contributed by atoms with Gasteiger partial charge in [0.25, 0.3) is 11.6 Å². The van der Waals surface area contributed by atoms with Gasteiger partial charge in [-0.25, -0.2) is 0 Å². The maximum atomic E-state index is 10.5. The highest BCUT2D eigenvalue weighted by molar-refractivity contribution is 5.60. The van der Waals surface area contributed by atoms with Crippen LogP contribution in [0.2, 0.25) is 0 Å². The smallest absolute Gasteiger partial charge is 0.295 e. The van der Waals surface area contributed by atoms with Crippen LogP contribution >= 0.6 is 0 Å². The average molecular weight is 253 g/mol. The third kappa shape index (κ3) is 4.72. The van der Waals surface area contributed by atoms with Crippen LogP contribution in [-0.2, 0) is 19.2 Å². The zero-order valence-corrected chi connectivity index (χ0v) is 8.41. The fourth-order valence-corrected chi connectivity index (χ4v) is 0.994. The minimum Gasteiger partial charge on any atom is -0.454 e. The van der Waals surface area contributed by atoms with E-state index in [0.29, 0.717) is 0 Å². The highest BCUT2D eigenvalue weighted by Crippen LogP contribution is 2.11. The quantitative estimate of drug-likeness (QED) is 0.221. The minimum atomic E-state index is -1.99. The summed E-state index contributed by atoms with van der Waals surface area (Å²) in [5.74, 6) is 0. The normalized spacial score (nSPS) is 17.4. The first-order valence-corrected chi connectivity index (χ1v) is 4.30. The Balaban J connectivity index is 4.88. The van der Waals surface area contributed by atoms with E-state index in [-0.39, 0.29) is 12.8 Å². The summed E-state index contributed by atoms with van der Waals surface area (Å²) in [6.45, 7) is -1.10. The molecule has 17 heavy (non-hydrogen) atoms. The third-order valence-electron chi connectivity index (χ3n) is 1.80. The van der Waals surface area contributed by atoms with Gasteiger partial charge in [-0.2, -0.15) is 0 Å². The molecule has 0 saturated carbocycles. The number of rotatable bonds is 9. The van der Waals surface area contributed by atoms with Gasteiger partial charge in [-0.05, 0) is 0 Å². The van der Waals surface area contributed by atoms with Crippen molar-refractivity contribution >= 4 is 12.8 Å². The first-order valence-electron chi connectivity index (χ1n) is 4.30. The largest absolute Gasteiger partial charge is 0.454 e. The van der Waals surface area contributed by atoms with Crippen LogP contribution in [0.25, 0.3) is 0 Å². The molecule has 0 radical (unpaired) electrons. The molecule has 0 aliphatic carbocycles. The fourth-order valence-electron chi connectivity index (χ4n) is 0.994. The van der Waals surface area contributed by atoms with Crippen molar-refractivity contribution < 1.29 is 39.6 Å². The van der Waals surface area contributed by atoms with Crippen molar-refractivity contribution in [1.82, 2.24) is 0 Å². The lowest BCUT2D eigenvalue weighted by Gasteiger charge is -2.26. The van der Waals surface area contributed by atoms with Crippen molar-refractivity contribution in [2.24, 2.45) is 0 Å². The molecule has 0 spiro atoms. The summed E-state index contributed by atoms with van der Waals surface area (Å²) in [4.78, 5) is 34.6. The Labute approximate surface area is 94.5 Å². The molecule has 0 heterocycles. The van der Waals surface area contributed by atoms with Gasteiger partial charge in [0.1, 0.15) is 12.2 Å². The standard InChI is InChI=1S/C7H11NO9/c9-1-4(12)6(13)7(17-8(14)15)5(2-10)16-3-11/h2-7,9,12-13H,1H2/t4-,5+,6-,7-/m1/s1. The molecular weight excluding hydrogens is 242 g/mol. The van der Waals surface area contributed by atoms with Crippen molar-refractivity contribution in [3.8, 4) is 0 Å². The summed E-state index contributed by atoms with van der Waals surface area (Å²) in [5.41, 5.74) is 0. The number of carbonyl (C=O) groups excluding carboxylic acids is 2.